The van der Waals surface area contributed by atoms with Gasteiger partial charge in [0.25, 0.3) is 11.8 Å². The molecule has 4 amide bonds. The van der Waals surface area contributed by atoms with E-state index in [0.29, 0.717) is 30.1 Å². The molecule has 1 aromatic carbocycles. The SMILES string of the molecule is NC[C@@H]1CCN(Cc2ccc3c(c2)C(=O)N(C2CCC(=O)NC2=O)C3=O)C1. The molecule has 3 N–H and O–H groups in total. The number of fused-ring (bicyclic) bond motifs is 1. The van der Waals surface area contributed by atoms with Gasteiger partial charge in [-0.15, -0.1) is 0 Å². The Balaban J connectivity index is 1.53. The normalized spacial score (nSPS) is 25.9. The van der Waals surface area contributed by atoms with Crippen molar-refractivity contribution in [3.05, 3.63) is 34.9 Å². The molecule has 0 aliphatic carbocycles. The predicted molar refractivity (Wildman–Crippen MR) is 95.6 cm³/mol. The minimum absolute atomic E-state index is 0.117. The van der Waals surface area contributed by atoms with Crippen molar-refractivity contribution in [2.45, 2.75) is 31.8 Å². The van der Waals surface area contributed by atoms with Gasteiger partial charge in [-0.05, 0) is 49.5 Å². The van der Waals surface area contributed by atoms with Crippen molar-refractivity contribution < 1.29 is 19.2 Å². The smallest absolute Gasteiger partial charge is 0.262 e. The van der Waals surface area contributed by atoms with Gasteiger partial charge in [-0.25, -0.2) is 0 Å². The number of likely N-dealkylation sites (tertiary alicyclic amines) is 1. The summed E-state index contributed by atoms with van der Waals surface area (Å²) in [6.07, 6.45) is 1.35. The van der Waals surface area contributed by atoms with E-state index >= 15 is 0 Å². The van der Waals surface area contributed by atoms with Crippen molar-refractivity contribution in [3.8, 4) is 0 Å². The molecule has 0 saturated carbocycles. The van der Waals surface area contributed by atoms with Crippen LogP contribution in [0.3, 0.4) is 0 Å². The highest BCUT2D eigenvalue weighted by Crippen LogP contribution is 2.29. The Morgan fingerprint density at radius 1 is 1.07 bits per heavy atom. The number of benzene rings is 1. The van der Waals surface area contributed by atoms with E-state index in [-0.39, 0.29) is 18.7 Å². The molecule has 0 bridgehead atoms. The number of nitrogens with zero attached hydrogens (tertiary/aromatic N) is 2. The Hall–Kier alpha value is -2.58. The summed E-state index contributed by atoms with van der Waals surface area (Å²) >= 11 is 0. The van der Waals surface area contributed by atoms with Crippen molar-refractivity contribution in [3.63, 3.8) is 0 Å². The van der Waals surface area contributed by atoms with Crippen LogP contribution in [0.5, 0.6) is 0 Å². The molecule has 2 saturated heterocycles. The number of hydrogen-bond acceptors (Lipinski definition) is 6. The van der Waals surface area contributed by atoms with Crippen molar-refractivity contribution in [1.82, 2.24) is 15.1 Å². The Labute approximate surface area is 156 Å². The minimum atomic E-state index is -0.928. The van der Waals surface area contributed by atoms with E-state index in [2.05, 4.69) is 10.2 Å². The summed E-state index contributed by atoms with van der Waals surface area (Å²) in [6, 6.07) is 4.33. The van der Waals surface area contributed by atoms with Gasteiger partial charge in [-0.1, -0.05) is 6.07 Å². The first kappa shape index (κ1) is 17.8. The second kappa shape index (κ2) is 6.86. The van der Waals surface area contributed by atoms with E-state index in [1.165, 1.54) is 0 Å². The van der Waals surface area contributed by atoms with Crippen molar-refractivity contribution in [2.75, 3.05) is 19.6 Å². The third-order valence-corrected chi connectivity index (χ3v) is 5.61. The molecule has 0 aromatic heterocycles. The number of nitrogens with one attached hydrogen (secondary N) is 1. The maximum atomic E-state index is 12.8. The van der Waals surface area contributed by atoms with Gasteiger partial charge in [0.15, 0.2) is 0 Å². The fourth-order valence-corrected chi connectivity index (χ4v) is 4.12. The van der Waals surface area contributed by atoms with Gasteiger partial charge >= 0.3 is 0 Å². The molecule has 0 spiro atoms. The van der Waals surface area contributed by atoms with Gasteiger partial charge in [0.1, 0.15) is 6.04 Å². The topological polar surface area (TPSA) is 113 Å². The van der Waals surface area contributed by atoms with Crippen molar-refractivity contribution in [2.24, 2.45) is 11.7 Å². The van der Waals surface area contributed by atoms with Crippen LogP contribution in [0.1, 0.15) is 45.5 Å². The highest BCUT2D eigenvalue weighted by atomic mass is 16.2. The molecular formula is C19H22N4O4. The predicted octanol–water partition coefficient (Wildman–Crippen LogP) is -0.132. The van der Waals surface area contributed by atoms with Crippen LogP contribution < -0.4 is 11.1 Å². The lowest BCUT2D eigenvalue weighted by Crippen LogP contribution is -2.54. The van der Waals surface area contributed by atoms with Crippen LogP contribution in [-0.4, -0.2) is 59.1 Å². The van der Waals surface area contributed by atoms with Gasteiger partial charge in [-0.2, -0.15) is 0 Å². The Bertz CT molecular complexity index is 837. The van der Waals surface area contributed by atoms with Crippen molar-refractivity contribution >= 4 is 23.6 Å². The molecular weight excluding hydrogens is 348 g/mol. The number of rotatable bonds is 4. The molecule has 8 nitrogen and oxygen atoms in total. The van der Waals surface area contributed by atoms with E-state index < -0.39 is 23.8 Å². The maximum Gasteiger partial charge on any atom is 0.262 e. The number of piperidine rings is 1. The number of carbonyl (C=O) groups is 4. The summed E-state index contributed by atoms with van der Waals surface area (Å²) in [4.78, 5) is 52.2. The fraction of sp³-hybridized carbons (Fsp3) is 0.474. The Morgan fingerprint density at radius 2 is 1.85 bits per heavy atom. The molecule has 1 unspecified atom stereocenters. The number of hydrogen-bond donors (Lipinski definition) is 2. The highest BCUT2D eigenvalue weighted by Gasteiger charge is 2.44. The van der Waals surface area contributed by atoms with Crippen molar-refractivity contribution in [1.29, 1.82) is 0 Å². The van der Waals surface area contributed by atoms with Gasteiger partial charge < -0.3 is 5.73 Å². The second-order valence-corrected chi connectivity index (χ2v) is 7.45. The molecule has 27 heavy (non-hydrogen) atoms. The molecule has 3 heterocycles. The Kier molecular flexibility index (Phi) is 4.53. The summed E-state index contributed by atoms with van der Waals surface area (Å²) < 4.78 is 0. The second-order valence-electron chi connectivity index (χ2n) is 7.45. The van der Waals surface area contributed by atoms with Crippen LogP contribution in [0.15, 0.2) is 18.2 Å². The molecule has 142 valence electrons. The zero-order valence-electron chi connectivity index (χ0n) is 14.9. The van der Waals surface area contributed by atoms with Gasteiger partial charge in [0.05, 0.1) is 11.1 Å². The van der Waals surface area contributed by atoms with Crippen LogP contribution in [0.25, 0.3) is 0 Å². The molecule has 2 fully saturated rings. The molecule has 3 aliphatic heterocycles. The maximum absolute atomic E-state index is 12.8. The van der Waals surface area contributed by atoms with E-state index in [1.807, 2.05) is 6.07 Å². The van der Waals surface area contributed by atoms with E-state index in [4.69, 9.17) is 5.73 Å². The summed E-state index contributed by atoms with van der Waals surface area (Å²) in [5, 5.41) is 2.20. The minimum Gasteiger partial charge on any atom is -0.330 e. The summed E-state index contributed by atoms with van der Waals surface area (Å²) in [5.41, 5.74) is 7.34. The fourth-order valence-electron chi connectivity index (χ4n) is 4.12. The monoisotopic (exact) mass is 370 g/mol. The molecule has 1 aromatic rings. The number of nitrogens with two attached hydrogens (primary N) is 1. The number of carbonyl (C=O) groups excluding carboxylic acids is 4. The largest absolute Gasteiger partial charge is 0.330 e. The number of amides is 4. The number of imide groups is 2. The van der Waals surface area contributed by atoms with Crippen LogP contribution in [0.4, 0.5) is 0 Å². The summed E-state index contributed by atoms with van der Waals surface area (Å²) in [7, 11) is 0. The highest BCUT2D eigenvalue weighted by molar-refractivity contribution is 6.23. The van der Waals surface area contributed by atoms with Crippen LogP contribution in [0, 0.1) is 5.92 Å². The summed E-state index contributed by atoms with van der Waals surface area (Å²) in [6.45, 7) is 3.27. The third-order valence-electron chi connectivity index (χ3n) is 5.61. The molecule has 4 rings (SSSR count). The molecule has 2 atom stereocenters. The lowest BCUT2D eigenvalue weighted by Gasteiger charge is -2.27. The van der Waals surface area contributed by atoms with Crippen LogP contribution in [0.2, 0.25) is 0 Å². The average molecular weight is 370 g/mol. The molecule has 8 heteroatoms. The van der Waals surface area contributed by atoms with E-state index in [0.717, 1.165) is 30.0 Å². The van der Waals surface area contributed by atoms with Gasteiger partial charge in [-0.3, -0.25) is 34.3 Å². The van der Waals surface area contributed by atoms with E-state index in [1.54, 1.807) is 12.1 Å². The van der Waals surface area contributed by atoms with E-state index in [9.17, 15) is 19.2 Å². The quantitative estimate of drug-likeness (QED) is 0.714. The first-order valence-corrected chi connectivity index (χ1v) is 9.25. The molecule has 3 aliphatic rings. The van der Waals surface area contributed by atoms with Crippen LogP contribution in [-0.2, 0) is 16.1 Å². The third kappa shape index (κ3) is 3.15. The lowest BCUT2D eigenvalue weighted by atomic mass is 10.0. The van der Waals surface area contributed by atoms with Crippen LogP contribution >= 0.6 is 0 Å². The first-order valence-electron chi connectivity index (χ1n) is 9.25. The zero-order valence-corrected chi connectivity index (χ0v) is 14.9. The van der Waals surface area contributed by atoms with Gasteiger partial charge in [0.2, 0.25) is 11.8 Å². The summed E-state index contributed by atoms with van der Waals surface area (Å²) in [5.74, 6) is -1.40. The lowest BCUT2D eigenvalue weighted by molar-refractivity contribution is -0.136. The zero-order chi connectivity index (χ0) is 19.1. The molecule has 0 radical (unpaired) electrons. The standard InChI is InChI=1S/C19H22N4O4/c20-8-12-5-6-22(10-12)9-11-1-2-13-14(7-11)19(27)23(18(13)26)15-3-4-16(24)21-17(15)25/h1-2,7,12,15H,3-6,8-10,20H2,(H,21,24,25)/t12-,15?/m0/s1. The Morgan fingerprint density at radius 3 is 2.56 bits per heavy atom. The average Bonchev–Trinajstić information content (AvgIpc) is 3.19. The van der Waals surface area contributed by atoms with Gasteiger partial charge in [0, 0.05) is 19.5 Å². The first-order chi connectivity index (χ1) is 13.0.